The van der Waals surface area contributed by atoms with Gasteiger partial charge in [-0.05, 0) is 42.7 Å². The number of aromatic nitrogens is 2. The molecule has 0 radical (unpaired) electrons. The van der Waals surface area contributed by atoms with Crippen molar-refractivity contribution in [3.05, 3.63) is 53.9 Å². The van der Waals surface area contributed by atoms with Crippen LogP contribution in [0.1, 0.15) is 58.3 Å². The minimum absolute atomic E-state index is 0.0670. The van der Waals surface area contributed by atoms with E-state index in [-0.39, 0.29) is 10.8 Å². The Morgan fingerprint density at radius 3 is 2.42 bits per heavy atom. The summed E-state index contributed by atoms with van der Waals surface area (Å²) in [5.74, 6) is 1.02. The quantitative estimate of drug-likeness (QED) is 0.462. The molecule has 2 aromatic carbocycles. The van der Waals surface area contributed by atoms with Crippen molar-refractivity contribution in [2.24, 2.45) is 0 Å². The molecule has 1 amide bonds. The molecule has 0 saturated heterocycles. The number of hydrogen-bond donors (Lipinski definition) is 1. The van der Waals surface area contributed by atoms with Crippen molar-refractivity contribution in [2.75, 3.05) is 18.4 Å². The molecule has 0 spiro atoms. The zero-order valence-electron chi connectivity index (χ0n) is 20.1. The number of sulfonamides is 1. The third-order valence-electron chi connectivity index (χ3n) is 5.89. The molecule has 0 atom stereocenters. The number of imidazole rings is 1. The van der Waals surface area contributed by atoms with Crippen molar-refractivity contribution < 1.29 is 13.2 Å². The van der Waals surface area contributed by atoms with E-state index in [1.165, 1.54) is 4.31 Å². The van der Waals surface area contributed by atoms with Gasteiger partial charge in [0, 0.05) is 38.2 Å². The van der Waals surface area contributed by atoms with Crippen molar-refractivity contribution >= 4 is 32.7 Å². The number of rotatable bonds is 10. The first kappa shape index (κ1) is 24.9. The van der Waals surface area contributed by atoms with E-state index < -0.39 is 10.0 Å². The second-order valence-corrected chi connectivity index (χ2v) is 10.2. The van der Waals surface area contributed by atoms with Gasteiger partial charge in [0.25, 0.3) is 0 Å². The Hall–Kier alpha value is -2.71. The van der Waals surface area contributed by atoms with E-state index >= 15 is 0 Å². The maximum Gasteiger partial charge on any atom is 0.243 e. The summed E-state index contributed by atoms with van der Waals surface area (Å²) in [6, 6.07) is 12.9. The van der Waals surface area contributed by atoms with E-state index in [4.69, 9.17) is 4.98 Å². The van der Waals surface area contributed by atoms with Crippen LogP contribution in [0.5, 0.6) is 0 Å². The molecule has 0 saturated carbocycles. The smallest absolute Gasteiger partial charge is 0.243 e. The predicted octanol–water partition coefficient (Wildman–Crippen LogP) is 4.78. The molecular formula is C25H34N4O3S. The Bertz CT molecular complexity index is 1230. The standard InChI is InChI=1S/C25H34N4O3S/c1-6-28(7-2)33(31,32)19-13-14-23-22(17-19)26-24(29(23)8-3)15-16-25(30)27-21-12-10-9-11-20(21)18(4)5/h9-14,17-18H,6-8,15-16H2,1-5H3,(H,27,30). The first-order chi connectivity index (χ1) is 15.7. The lowest BCUT2D eigenvalue weighted by Crippen LogP contribution is -2.30. The second-order valence-electron chi connectivity index (χ2n) is 8.30. The van der Waals surface area contributed by atoms with E-state index in [1.54, 1.807) is 12.1 Å². The normalized spacial score (nSPS) is 12.1. The van der Waals surface area contributed by atoms with E-state index in [2.05, 4.69) is 19.2 Å². The minimum Gasteiger partial charge on any atom is -0.328 e. The molecule has 3 aromatic rings. The molecule has 0 aliphatic rings. The summed E-state index contributed by atoms with van der Waals surface area (Å²) in [5.41, 5.74) is 3.45. The molecule has 3 rings (SSSR count). The van der Waals surface area contributed by atoms with E-state index in [0.717, 1.165) is 22.6 Å². The summed E-state index contributed by atoms with van der Waals surface area (Å²) in [6.07, 6.45) is 0.761. The lowest BCUT2D eigenvalue weighted by molar-refractivity contribution is -0.116. The van der Waals surface area contributed by atoms with Crippen LogP contribution in [0.15, 0.2) is 47.4 Å². The van der Waals surface area contributed by atoms with Gasteiger partial charge in [-0.1, -0.05) is 45.9 Å². The summed E-state index contributed by atoms with van der Waals surface area (Å²) in [7, 11) is -3.55. The van der Waals surface area contributed by atoms with E-state index in [9.17, 15) is 13.2 Å². The van der Waals surface area contributed by atoms with Crippen LogP contribution >= 0.6 is 0 Å². The van der Waals surface area contributed by atoms with E-state index in [0.29, 0.717) is 43.9 Å². The van der Waals surface area contributed by atoms with Crippen molar-refractivity contribution in [1.82, 2.24) is 13.9 Å². The molecule has 8 heteroatoms. The SMILES string of the molecule is CCN(CC)S(=O)(=O)c1ccc2c(c1)nc(CCC(=O)Nc1ccccc1C(C)C)n2CC. The molecule has 0 bridgehead atoms. The van der Waals surface area contributed by atoms with Crippen LogP contribution in [0.2, 0.25) is 0 Å². The Kier molecular flexibility index (Phi) is 7.92. The Morgan fingerprint density at radius 2 is 1.79 bits per heavy atom. The molecule has 1 heterocycles. The van der Waals surface area contributed by atoms with Gasteiger partial charge in [0.15, 0.2) is 0 Å². The first-order valence-corrected chi connectivity index (χ1v) is 13.0. The summed E-state index contributed by atoms with van der Waals surface area (Å²) >= 11 is 0. The monoisotopic (exact) mass is 470 g/mol. The largest absolute Gasteiger partial charge is 0.328 e. The van der Waals surface area contributed by atoms with Gasteiger partial charge >= 0.3 is 0 Å². The number of carbonyl (C=O) groups excluding carboxylic acids is 1. The first-order valence-electron chi connectivity index (χ1n) is 11.6. The summed E-state index contributed by atoms with van der Waals surface area (Å²) in [4.78, 5) is 17.6. The molecule has 0 fully saturated rings. The zero-order chi connectivity index (χ0) is 24.2. The van der Waals surface area contributed by atoms with Crippen LogP contribution in [0.25, 0.3) is 11.0 Å². The number of aryl methyl sites for hydroxylation is 2. The molecule has 1 N–H and O–H groups in total. The summed E-state index contributed by atoms with van der Waals surface area (Å²) in [6.45, 7) is 11.4. The van der Waals surface area contributed by atoms with Gasteiger partial charge in [-0.15, -0.1) is 0 Å². The van der Waals surface area contributed by atoms with Crippen molar-refractivity contribution in [3.63, 3.8) is 0 Å². The van der Waals surface area contributed by atoms with Crippen molar-refractivity contribution in [1.29, 1.82) is 0 Å². The van der Waals surface area contributed by atoms with Gasteiger partial charge < -0.3 is 9.88 Å². The van der Waals surface area contributed by atoms with Gasteiger partial charge in [0.05, 0.1) is 15.9 Å². The molecular weight excluding hydrogens is 436 g/mol. The van der Waals surface area contributed by atoms with Gasteiger partial charge in [-0.3, -0.25) is 4.79 Å². The average Bonchev–Trinajstić information content (AvgIpc) is 3.15. The Balaban J connectivity index is 1.82. The second kappa shape index (κ2) is 10.5. The highest BCUT2D eigenvalue weighted by Gasteiger charge is 2.23. The summed E-state index contributed by atoms with van der Waals surface area (Å²) < 4.78 is 29.3. The van der Waals surface area contributed by atoms with Gasteiger partial charge in [0.2, 0.25) is 15.9 Å². The number of nitrogens with one attached hydrogen (secondary N) is 1. The Morgan fingerprint density at radius 1 is 1.09 bits per heavy atom. The molecule has 0 aliphatic carbocycles. The average molecular weight is 471 g/mol. The van der Waals surface area contributed by atoms with Gasteiger partial charge in [0.1, 0.15) is 5.82 Å². The number of benzene rings is 2. The third-order valence-corrected chi connectivity index (χ3v) is 7.94. The number of hydrogen-bond acceptors (Lipinski definition) is 4. The molecule has 7 nitrogen and oxygen atoms in total. The molecule has 0 unspecified atom stereocenters. The number of para-hydroxylation sites is 1. The predicted molar refractivity (Wildman–Crippen MR) is 133 cm³/mol. The maximum atomic E-state index is 12.9. The third kappa shape index (κ3) is 5.28. The number of fused-ring (bicyclic) bond motifs is 1. The Labute approximate surface area is 196 Å². The summed E-state index contributed by atoms with van der Waals surface area (Å²) in [5, 5.41) is 3.03. The highest BCUT2D eigenvalue weighted by atomic mass is 32.2. The molecule has 1 aromatic heterocycles. The van der Waals surface area contributed by atoms with Crippen molar-refractivity contribution in [3.8, 4) is 0 Å². The molecule has 33 heavy (non-hydrogen) atoms. The fraction of sp³-hybridized carbons (Fsp3) is 0.440. The van der Waals surface area contributed by atoms with Crippen LogP contribution in [0, 0.1) is 0 Å². The van der Waals surface area contributed by atoms with E-state index in [1.807, 2.05) is 55.7 Å². The number of amides is 1. The van der Waals surface area contributed by atoms with Crippen LogP contribution in [-0.2, 0) is 27.8 Å². The van der Waals surface area contributed by atoms with Crippen LogP contribution in [0.3, 0.4) is 0 Å². The lowest BCUT2D eigenvalue weighted by atomic mass is 10.0. The van der Waals surface area contributed by atoms with Gasteiger partial charge in [-0.25, -0.2) is 13.4 Å². The topological polar surface area (TPSA) is 84.3 Å². The van der Waals surface area contributed by atoms with Crippen LogP contribution in [0.4, 0.5) is 5.69 Å². The number of nitrogens with zero attached hydrogens (tertiary/aromatic N) is 3. The van der Waals surface area contributed by atoms with Crippen molar-refractivity contribution in [2.45, 2.75) is 64.8 Å². The maximum absolute atomic E-state index is 12.9. The van der Waals surface area contributed by atoms with Gasteiger partial charge in [-0.2, -0.15) is 4.31 Å². The zero-order valence-corrected chi connectivity index (χ0v) is 20.9. The van der Waals surface area contributed by atoms with Crippen LogP contribution in [-0.4, -0.2) is 41.3 Å². The lowest BCUT2D eigenvalue weighted by Gasteiger charge is -2.18. The van der Waals surface area contributed by atoms with Crippen LogP contribution < -0.4 is 5.32 Å². The highest BCUT2D eigenvalue weighted by Crippen LogP contribution is 2.25. The number of anilines is 1. The fourth-order valence-electron chi connectivity index (χ4n) is 4.13. The number of carbonyl (C=O) groups is 1. The fourth-order valence-corrected chi connectivity index (χ4v) is 5.61. The highest BCUT2D eigenvalue weighted by molar-refractivity contribution is 7.89. The molecule has 178 valence electrons. The minimum atomic E-state index is -3.55. The molecule has 0 aliphatic heterocycles.